The summed E-state index contributed by atoms with van der Waals surface area (Å²) in [5.41, 5.74) is 0. The smallest absolute Gasteiger partial charge is 0.306 e. The van der Waals surface area contributed by atoms with Crippen LogP contribution in [0.4, 0.5) is 0 Å². The highest BCUT2D eigenvalue weighted by atomic mass is 16.6. The van der Waals surface area contributed by atoms with Gasteiger partial charge in [0.2, 0.25) is 0 Å². The van der Waals surface area contributed by atoms with Gasteiger partial charge in [-0.1, -0.05) is 193 Å². The van der Waals surface area contributed by atoms with Crippen LogP contribution in [0.3, 0.4) is 0 Å². The quantitative estimate of drug-likeness (QED) is 0.0259. The Labute approximate surface area is 416 Å². The summed E-state index contributed by atoms with van der Waals surface area (Å²) in [5, 5.41) is 11.7. The fourth-order valence-corrected chi connectivity index (χ4v) is 7.07. The standard InChI is InChI=1S/C60H97NO7/c1-6-8-10-12-14-16-18-20-22-24-26-28-29-31-33-35-37-39-41-43-45-47-49-51-59(63)68-56(54-66-53-52-57(60(64)65)61(3,4)5)55-67-58(62)50-48-46-44-42-40-38-36-34-32-30-27-25-23-21-19-17-15-13-11-9-7-2/h8-11,14-17,20-23,26,28,31,33,37,39,43,45,56-57H,6-7,12-13,18-19,24-25,27,29-30,32,34-36,38,40-42,44,46-55H2,1-5H3/b10-8+,11-9+,16-14+,17-15+,22-20+,23-21+,28-26+,33-31+,39-37+,45-43+. The minimum atomic E-state index is -1.14. The Morgan fingerprint density at radius 3 is 1.19 bits per heavy atom. The number of carboxylic acids is 1. The predicted octanol–water partition coefficient (Wildman–Crippen LogP) is 14.4. The number of unbranched alkanes of at least 4 members (excludes halogenated alkanes) is 12. The van der Waals surface area contributed by atoms with Gasteiger partial charge in [-0.15, -0.1) is 0 Å². The molecule has 0 aliphatic rings. The molecule has 0 saturated carbocycles. The minimum absolute atomic E-state index is 0.00887. The van der Waals surface area contributed by atoms with Crippen LogP contribution >= 0.6 is 0 Å². The fraction of sp³-hybridized carbons (Fsp3) is 0.617. The fourth-order valence-electron chi connectivity index (χ4n) is 7.07. The Bertz CT molecular complexity index is 1520. The molecule has 384 valence electrons. The Balaban J connectivity index is 4.36. The van der Waals surface area contributed by atoms with Crippen molar-refractivity contribution in [2.45, 2.75) is 199 Å². The van der Waals surface area contributed by atoms with E-state index in [1.54, 1.807) is 21.1 Å². The number of rotatable bonds is 46. The van der Waals surface area contributed by atoms with Crippen molar-refractivity contribution in [2.75, 3.05) is 41.0 Å². The molecule has 0 heterocycles. The van der Waals surface area contributed by atoms with Crippen molar-refractivity contribution in [3.8, 4) is 0 Å². The number of hydrogen-bond donors (Lipinski definition) is 0. The first-order chi connectivity index (χ1) is 33.1. The van der Waals surface area contributed by atoms with E-state index in [0.29, 0.717) is 12.8 Å². The zero-order valence-electron chi connectivity index (χ0n) is 43.7. The maximum Gasteiger partial charge on any atom is 0.306 e. The van der Waals surface area contributed by atoms with Gasteiger partial charge in [0.15, 0.2) is 6.10 Å². The SMILES string of the molecule is CC/C=C/C/C=C/C/C=C/C/C=C/C/C=C/C/C=C/C/C=C/CCCC(=O)OC(COCCC(C(=O)[O-])[N+](C)(C)C)COC(=O)CCCCCCCCCCCCC/C=C/C/C=C/C/C=C/CC. The van der Waals surface area contributed by atoms with Crippen molar-refractivity contribution < 1.29 is 38.2 Å². The summed E-state index contributed by atoms with van der Waals surface area (Å²) < 4.78 is 17.2. The van der Waals surface area contributed by atoms with E-state index >= 15 is 0 Å². The lowest BCUT2D eigenvalue weighted by Gasteiger charge is -2.34. The van der Waals surface area contributed by atoms with Crippen LogP contribution in [0.5, 0.6) is 0 Å². The van der Waals surface area contributed by atoms with Crippen molar-refractivity contribution in [3.63, 3.8) is 0 Å². The molecule has 0 amide bonds. The van der Waals surface area contributed by atoms with E-state index < -0.39 is 18.1 Å². The molecule has 0 fully saturated rings. The van der Waals surface area contributed by atoms with E-state index in [1.165, 1.54) is 57.8 Å². The van der Waals surface area contributed by atoms with E-state index in [2.05, 4.69) is 135 Å². The second-order valence-electron chi connectivity index (χ2n) is 18.3. The number of quaternary nitrogens is 1. The molecule has 0 bridgehead atoms. The van der Waals surface area contributed by atoms with Crippen LogP contribution in [0, 0.1) is 0 Å². The molecule has 0 spiro atoms. The molecule has 0 radical (unpaired) electrons. The Hall–Kier alpha value is -4.27. The number of aliphatic carboxylic acids is 1. The third-order valence-electron chi connectivity index (χ3n) is 11.1. The molecule has 0 rings (SSSR count). The highest BCUT2D eigenvalue weighted by Gasteiger charge is 2.25. The predicted molar refractivity (Wildman–Crippen MR) is 286 cm³/mol. The van der Waals surface area contributed by atoms with Gasteiger partial charge in [0.05, 0.1) is 40.3 Å². The summed E-state index contributed by atoms with van der Waals surface area (Å²) in [6.45, 7) is 4.37. The summed E-state index contributed by atoms with van der Waals surface area (Å²) >= 11 is 0. The number of allylic oxidation sites excluding steroid dienone is 20. The molecule has 0 N–H and O–H groups in total. The number of hydrogen-bond acceptors (Lipinski definition) is 7. The van der Waals surface area contributed by atoms with E-state index in [9.17, 15) is 19.5 Å². The lowest BCUT2D eigenvalue weighted by atomic mass is 10.0. The van der Waals surface area contributed by atoms with E-state index in [0.717, 1.165) is 89.9 Å². The second-order valence-corrected chi connectivity index (χ2v) is 18.3. The summed E-state index contributed by atoms with van der Waals surface area (Å²) in [6.07, 6.45) is 69.5. The van der Waals surface area contributed by atoms with Crippen LogP contribution in [0.2, 0.25) is 0 Å². The largest absolute Gasteiger partial charge is 0.544 e. The van der Waals surface area contributed by atoms with Gasteiger partial charge >= 0.3 is 11.9 Å². The minimum Gasteiger partial charge on any atom is -0.544 e. The topological polar surface area (TPSA) is 102 Å². The lowest BCUT2D eigenvalue weighted by molar-refractivity contribution is -0.889. The number of esters is 2. The molecular formula is C60H97NO7. The van der Waals surface area contributed by atoms with Gasteiger partial charge in [0.25, 0.3) is 0 Å². The number of carboxylic acid groups (broad SMARTS) is 1. The molecule has 0 aromatic carbocycles. The molecule has 2 unspecified atom stereocenters. The van der Waals surface area contributed by atoms with Crippen LogP contribution in [0.1, 0.15) is 187 Å². The molecule has 8 heteroatoms. The molecule has 0 aliphatic carbocycles. The van der Waals surface area contributed by atoms with Crippen LogP contribution < -0.4 is 5.11 Å². The van der Waals surface area contributed by atoms with Crippen LogP contribution in [0.25, 0.3) is 0 Å². The number of carbonyl (C=O) groups is 3. The number of ether oxygens (including phenoxy) is 3. The zero-order chi connectivity index (χ0) is 49.9. The Morgan fingerprint density at radius 2 is 0.794 bits per heavy atom. The third-order valence-corrected chi connectivity index (χ3v) is 11.1. The monoisotopic (exact) mass is 944 g/mol. The Kier molecular flexibility index (Phi) is 46.1. The molecule has 0 aliphatic heterocycles. The van der Waals surface area contributed by atoms with Gasteiger partial charge in [-0.3, -0.25) is 9.59 Å². The van der Waals surface area contributed by atoms with Crippen molar-refractivity contribution in [3.05, 3.63) is 122 Å². The first-order valence-corrected chi connectivity index (χ1v) is 26.6. The van der Waals surface area contributed by atoms with Crippen LogP contribution in [-0.4, -0.2) is 75.5 Å². The van der Waals surface area contributed by atoms with Crippen molar-refractivity contribution in [1.29, 1.82) is 0 Å². The summed E-state index contributed by atoms with van der Waals surface area (Å²) in [5.74, 6) is -1.83. The molecule has 68 heavy (non-hydrogen) atoms. The number of nitrogens with zero attached hydrogens (tertiary/aromatic N) is 1. The highest BCUT2D eigenvalue weighted by Crippen LogP contribution is 2.14. The zero-order valence-corrected chi connectivity index (χ0v) is 43.7. The van der Waals surface area contributed by atoms with Gasteiger partial charge in [0, 0.05) is 19.3 Å². The third kappa shape index (κ3) is 46.8. The summed E-state index contributed by atoms with van der Waals surface area (Å²) in [4.78, 5) is 37.1. The van der Waals surface area contributed by atoms with Gasteiger partial charge in [0.1, 0.15) is 12.6 Å². The summed E-state index contributed by atoms with van der Waals surface area (Å²) in [7, 11) is 5.38. The first-order valence-electron chi connectivity index (χ1n) is 26.6. The molecular weight excluding hydrogens is 847 g/mol. The van der Waals surface area contributed by atoms with Gasteiger partial charge in [-0.05, 0) is 96.3 Å². The molecule has 0 aromatic rings. The Morgan fingerprint density at radius 1 is 0.441 bits per heavy atom. The number of likely N-dealkylation sites (N-methyl/N-ethyl adjacent to an activating group) is 1. The van der Waals surface area contributed by atoms with Crippen LogP contribution in [0.15, 0.2) is 122 Å². The first kappa shape index (κ1) is 63.7. The van der Waals surface area contributed by atoms with Gasteiger partial charge < -0.3 is 28.6 Å². The van der Waals surface area contributed by atoms with Crippen molar-refractivity contribution in [1.82, 2.24) is 0 Å². The van der Waals surface area contributed by atoms with E-state index in [4.69, 9.17) is 14.2 Å². The van der Waals surface area contributed by atoms with Crippen LogP contribution in [-0.2, 0) is 28.6 Å². The lowest BCUT2D eigenvalue weighted by Crippen LogP contribution is -2.55. The molecule has 0 saturated heterocycles. The second kappa shape index (κ2) is 49.2. The van der Waals surface area contributed by atoms with Crippen molar-refractivity contribution >= 4 is 17.9 Å². The average Bonchev–Trinajstić information content (AvgIpc) is 3.30. The normalized spacial score (nSPS) is 13.8. The molecule has 8 nitrogen and oxygen atoms in total. The summed E-state index contributed by atoms with van der Waals surface area (Å²) in [6, 6.07) is -0.745. The maximum absolute atomic E-state index is 12.8. The maximum atomic E-state index is 12.8. The van der Waals surface area contributed by atoms with Gasteiger partial charge in [-0.25, -0.2) is 0 Å². The molecule has 2 atom stereocenters. The number of carbonyl (C=O) groups excluding carboxylic acids is 3. The van der Waals surface area contributed by atoms with Crippen molar-refractivity contribution in [2.24, 2.45) is 0 Å². The highest BCUT2D eigenvalue weighted by molar-refractivity contribution is 5.70. The van der Waals surface area contributed by atoms with E-state index in [-0.39, 0.29) is 49.1 Å². The van der Waals surface area contributed by atoms with E-state index in [1.807, 2.05) is 0 Å². The average molecular weight is 944 g/mol. The molecule has 0 aromatic heterocycles. The van der Waals surface area contributed by atoms with Gasteiger partial charge in [-0.2, -0.15) is 0 Å².